The van der Waals surface area contributed by atoms with E-state index >= 15 is 0 Å². The second-order valence-electron chi connectivity index (χ2n) is 24.1. The van der Waals surface area contributed by atoms with Crippen molar-refractivity contribution >= 4 is 44.6 Å². The number of anilines is 4. The van der Waals surface area contributed by atoms with Gasteiger partial charge in [0, 0.05) is 40.5 Å². The zero-order valence-electron chi connectivity index (χ0n) is 42.7. The Labute approximate surface area is 400 Å². The number of aromatic nitrogens is 2. The van der Waals surface area contributed by atoms with Crippen LogP contribution in [-0.4, -0.2) is 16.2 Å². The second-order valence-corrected chi connectivity index (χ2v) is 24.1. The number of nitrogens with zero attached hydrogens (tertiary/aromatic N) is 4. The fourth-order valence-electron chi connectivity index (χ4n) is 9.32. The van der Waals surface area contributed by atoms with E-state index in [4.69, 9.17) is 9.72 Å². The van der Waals surface area contributed by atoms with E-state index in [1.165, 1.54) is 66.8 Å². The van der Waals surface area contributed by atoms with Crippen molar-refractivity contribution in [2.24, 2.45) is 0 Å². The number of hydrogen-bond acceptors (Lipinski definition) is 4. The molecule has 0 aliphatic carbocycles. The predicted octanol–water partition coefficient (Wildman–Crippen LogP) is 17.4. The van der Waals surface area contributed by atoms with Crippen molar-refractivity contribution in [2.45, 2.75) is 131 Å². The maximum absolute atomic E-state index is 6.84. The molecule has 8 aromatic rings. The summed E-state index contributed by atoms with van der Waals surface area (Å²) in [5.41, 5.74) is 15.8. The molecule has 1 aliphatic rings. The third-order valence-electron chi connectivity index (χ3n) is 13.7. The first-order valence-corrected chi connectivity index (χ1v) is 24.1. The maximum Gasteiger partial charge on any atom is 0.137 e. The van der Waals surface area contributed by atoms with Crippen LogP contribution in [0.5, 0.6) is 11.5 Å². The molecular formula is C62H70N4O. The summed E-state index contributed by atoms with van der Waals surface area (Å²) in [5.74, 6) is 2.46. The number of fused-ring (bicyclic) bond motifs is 4. The fourth-order valence-corrected chi connectivity index (χ4v) is 9.32. The zero-order chi connectivity index (χ0) is 48.0. The minimum atomic E-state index is -0.0619. The summed E-state index contributed by atoms with van der Waals surface area (Å²) in [6, 6.07) is 49.5. The fraction of sp³-hybridized carbons (Fsp3) is 0.339. The van der Waals surface area contributed by atoms with Gasteiger partial charge in [0.1, 0.15) is 24.0 Å². The van der Waals surface area contributed by atoms with Gasteiger partial charge in [-0.3, -0.25) is 4.57 Å². The normalized spacial score (nSPS) is 13.8. The van der Waals surface area contributed by atoms with Crippen LogP contribution in [0.15, 0.2) is 140 Å². The van der Waals surface area contributed by atoms with Crippen LogP contribution >= 0.6 is 0 Å². The second kappa shape index (κ2) is 16.2. The number of benzene rings is 6. The van der Waals surface area contributed by atoms with Gasteiger partial charge in [-0.15, -0.1) is 0 Å². The SMILES string of the molecule is CC(C)(C)c1cc(-c2cc(C(C)(C)C)cc(C(C)(C)C)c2)cc(N2CN(c3cccc(Oc4ccc5c6ccccc6n(-c6cc(C(C)(C)C)ccn6)c5c4)c3)c3cc(C(C)(C)C)ccc32)c1. The van der Waals surface area contributed by atoms with Gasteiger partial charge in [0.05, 0.1) is 22.4 Å². The summed E-state index contributed by atoms with van der Waals surface area (Å²) in [6.07, 6.45) is 1.93. The van der Waals surface area contributed by atoms with E-state index in [2.05, 4.69) is 252 Å². The van der Waals surface area contributed by atoms with Crippen molar-refractivity contribution in [1.82, 2.24) is 9.55 Å². The lowest BCUT2D eigenvalue weighted by molar-refractivity contribution is 0.483. The average molecular weight is 887 g/mol. The Morgan fingerprint density at radius 1 is 0.403 bits per heavy atom. The first-order valence-electron chi connectivity index (χ1n) is 24.1. The Hall–Kier alpha value is -6.33. The number of para-hydroxylation sites is 1. The molecule has 5 heteroatoms. The minimum absolute atomic E-state index is 0.00848. The van der Waals surface area contributed by atoms with Crippen LogP contribution in [0.2, 0.25) is 0 Å². The third kappa shape index (κ3) is 8.98. The molecule has 0 bridgehead atoms. The molecule has 0 atom stereocenters. The molecule has 0 radical (unpaired) electrons. The number of rotatable bonds is 6. The average Bonchev–Trinajstić information content (AvgIpc) is 3.80. The summed E-state index contributed by atoms with van der Waals surface area (Å²) < 4.78 is 9.11. The van der Waals surface area contributed by atoms with Crippen LogP contribution in [0.1, 0.15) is 132 Å². The molecule has 0 spiro atoms. The van der Waals surface area contributed by atoms with Gasteiger partial charge in [-0.05, 0) is 133 Å². The Morgan fingerprint density at radius 3 is 1.63 bits per heavy atom. The molecule has 0 fully saturated rings. The Bertz CT molecular complexity index is 3140. The number of hydrogen-bond donors (Lipinski definition) is 0. The van der Waals surface area contributed by atoms with Crippen molar-refractivity contribution in [3.8, 4) is 28.4 Å². The number of pyridine rings is 1. The van der Waals surface area contributed by atoms with E-state index in [0.717, 1.165) is 34.0 Å². The van der Waals surface area contributed by atoms with E-state index in [0.29, 0.717) is 6.67 Å². The molecule has 0 unspecified atom stereocenters. The molecule has 9 rings (SSSR count). The highest BCUT2D eigenvalue weighted by Gasteiger charge is 2.32. The Morgan fingerprint density at radius 2 is 0.970 bits per heavy atom. The van der Waals surface area contributed by atoms with Crippen molar-refractivity contribution < 1.29 is 4.74 Å². The summed E-state index contributed by atoms with van der Waals surface area (Å²) in [4.78, 5) is 9.86. The van der Waals surface area contributed by atoms with Crippen molar-refractivity contribution in [3.05, 3.63) is 167 Å². The molecule has 0 amide bonds. The van der Waals surface area contributed by atoms with E-state index in [1.54, 1.807) is 0 Å². The van der Waals surface area contributed by atoms with Crippen LogP contribution in [0, 0.1) is 0 Å². The molecule has 3 heterocycles. The van der Waals surface area contributed by atoms with Gasteiger partial charge >= 0.3 is 0 Å². The minimum Gasteiger partial charge on any atom is -0.457 e. The molecule has 67 heavy (non-hydrogen) atoms. The Balaban J connectivity index is 1.12. The van der Waals surface area contributed by atoms with Gasteiger partial charge in [0.15, 0.2) is 0 Å². The van der Waals surface area contributed by atoms with Crippen LogP contribution in [0.25, 0.3) is 38.8 Å². The molecule has 344 valence electrons. The predicted molar refractivity (Wildman–Crippen MR) is 286 cm³/mol. The maximum atomic E-state index is 6.84. The summed E-state index contributed by atoms with van der Waals surface area (Å²) in [7, 11) is 0. The summed E-state index contributed by atoms with van der Waals surface area (Å²) in [6.45, 7) is 35.2. The highest BCUT2D eigenvalue weighted by atomic mass is 16.5. The Kier molecular flexibility index (Phi) is 11.1. The van der Waals surface area contributed by atoms with Crippen LogP contribution in [0.4, 0.5) is 22.7 Å². The van der Waals surface area contributed by atoms with Gasteiger partial charge in [0.25, 0.3) is 0 Å². The van der Waals surface area contributed by atoms with E-state index in [1.807, 2.05) is 6.20 Å². The smallest absolute Gasteiger partial charge is 0.137 e. The topological polar surface area (TPSA) is 33.5 Å². The monoisotopic (exact) mass is 887 g/mol. The van der Waals surface area contributed by atoms with E-state index in [9.17, 15) is 0 Å². The lowest BCUT2D eigenvalue weighted by Crippen LogP contribution is -2.24. The molecule has 1 aliphatic heterocycles. The first kappa shape index (κ1) is 45.8. The lowest BCUT2D eigenvalue weighted by Gasteiger charge is -2.28. The van der Waals surface area contributed by atoms with Gasteiger partial charge in [0.2, 0.25) is 0 Å². The first-order chi connectivity index (χ1) is 31.3. The van der Waals surface area contributed by atoms with E-state index in [-0.39, 0.29) is 27.1 Å². The largest absolute Gasteiger partial charge is 0.457 e. The molecule has 2 aromatic heterocycles. The molecule has 0 saturated carbocycles. The quantitative estimate of drug-likeness (QED) is 0.167. The highest BCUT2D eigenvalue weighted by Crippen LogP contribution is 2.48. The summed E-state index contributed by atoms with van der Waals surface area (Å²) in [5, 5.41) is 2.35. The molecule has 6 aromatic carbocycles. The van der Waals surface area contributed by atoms with Gasteiger partial charge in [-0.25, -0.2) is 4.98 Å². The third-order valence-corrected chi connectivity index (χ3v) is 13.7. The molecule has 0 N–H and O–H groups in total. The standard InChI is InChI=1S/C62H70N4O/c1-58(2,3)42-23-26-54-56(35-42)64(39-65(54)48-32-41(31-46(34-48)62(13,14)15)40-29-44(60(7,8)9)33-45(30-40)61(10,11)12)47-19-18-20-49(37-47)67-50-24-25-52-51-21-16-17-22-53(51)66(55(52)38-50)57-36-43(27-28-63-57)59(4,5)6/h16-38H,39H2,1-15H3. The van der Waals surface area contributed by atoms with Crippen LogP contribution < -0.4 is 14.5 Å². The van der Waals surface area contributed by atoms with E-state index < -0.39 is 0 Å². The number of ether oxygens (including phenoxy) is 1. The van der Waals surface area contributed by atoms with Crippen LogP contribution in [-0.2, 0) is 27.1 Å². The highest BCUT2D eigenvalue weighted by molar-refractivity contribution is 6.09. The zero-order valence-corrected chi connectivity index (χ0v) is 42.7. The van der Waals surface area contributed by atoms with Gasteiger partial charge in [-0.1, -0.05) is 158 Å². The van der Waals surface area contributed by atoms with Crippen molar-refractivity contribution in [1.29, 1.82) is 0 Å². The van der Waals surface area contributed by atoms with Crippen molar-refractivity contribution in [2.75, 3.05) is 16.5 Å². The van der Waals surface area contributed by atoms with Gasteiger partial charge < -0.3 is 14.5 Å². The molecule has 0 saturated heterocycles. The van der Waals surface area contributed by atoms with Crippen LogP contribution in [0.3, 0.4) is 0 Å². The lowest BCUT2D eigenvalue weighted by atomic mass is 9.78. The summed E-state index contributed by atoms with van der Waals surface area (Å²) >= 11 is 0. The molecular weight excluding hydrogens is 817 g/mol. The van der Waals surface area contributed by atoms with Crippen molar-refractivity contribution in [3.63, 3.8) is 0 Å². The molecule has 5 nitrogen and oxygen atoms in total. The van der Waals surface area contributed by atoms with Gasteiger partial charge in [-0.2, -0.15) is 0 Å².